The van der Waals surface area contributed by atoms with Crippen LogP contribution >= 0.6 is 0 Å². The van der Waals surface area contributed by atoms with Gasteiger partial charge in [0.1, 0.15) is 0 Å². The van der Waals surface area contributed by atoms with Crippen LogP contribution in [0.2, 0.25) is 0 Å². The highest BCUT2D eigenvalue weighted by atomic mass is 32.2. The van der Waals surface area contributed by atoms with E-state index in [4.69, 9.17) is 5.26 Å². The van der Waals surface area contributed by atoms with Crippen molar-refractivity contribution in [1.29, 1.82) is 5.26 Å². The Morgan fingerprint density at radius 2 is 2.00 bits per heavy atom. The second-order valence-corrected chi connectivity index (χ2v) is 5.74. The molecular formula is C13H16N2O2S. The molecule has 1 unspecified atom stereocenters. The van der Waals surface area contributed by atoms with Crippen LogP contribution in [0.4, 0.5) is 0 Å². The summed E-state index contributed by atoms with van der Waals surface area (Å²) < 4.78 is 25.7. The molecule has 1 aromatic rings. The normalized spacial score (nSPS) is 13.4. The molecule has 96 valence electrons. The Morgan fingerprint density at radius 1 is 1.39 bits per heavy atom. The average Bonchev–Trinajstić information content (AvgIpc) is 2.28. The van der Waals surface area contributed by atoms with Gasteiger partial charge in [0, 0.05) is 11.4 Å². The summed E-state index contributed by atoms with van der Waals surface area (Å²) in [6, 6.07) is 9.06. The largest absolute Gasteiger partial charge is 0.234 e. The van der Waals surface area contributed by atoms with Crippen molar-refractivity contribution in [3.8, 4) is 6.07 Å². The van der Waals surface area contributed by atoms with E-state index in [1.807, 2.05) is 37.3 Å². The van der Waals surface area contributed by atoms with Crippen molar-refractivity contribution in [3.63, 3.8) is 0 Å². The van der Waals surface area contributed by atoms with E-state index in [-0.39, 0.29) is 12.5 Å². The van der Waals surface area contributed by atoms with Crippen molar-refractivity contribution in [1.82, 2.24) is 4.72 Å². The molecule has 0 aromatic heterocycles. The van der Waals surface area contributed by atoms with E-state index in [0.717, 1.165) is 16.5 Å². The van der Waals surface area contributed by atoms with E-state index in [1.165, 1.54) is 6.08 Å². The van der Waals surface area contributed by atoms with E-state index < -0.39 is 10.0 Å². The van der Waals surface area contributed by atoms with Gasteiger partial charge in [-0.15, -0.1) is 0 Å². The summed E-state index contributed by atoms with van der Waals surface area (Å²) >= 11 is 0. The highest BCUT2D eigenvalue weighted by molar-refractivity contribution is 7.92. The summed E-state index contributed by atoms with van der Waals surface area (Å²) in [5.74, 6) is 0. The van der Waals surface area contributed by atoms with Crippen LogP contribution in [0.1, 0.15) is 24.5 Å². The van der Waals surface area contributed by atoms with E-state index in [9.17, 15) is 8.42 Å². The third kappa shape index (κ3) is 5.13. The van der Waals surface area contributed by atoms with Crippen LogP contribution < -0.4 is 4.72 Å². The molecule has 5 heteroatoms. The maximum Gasteiger partial charge on any atom is 0.234 e. The van der Waals surface area contributed by atoms with Gasteiger partial charge in [0.05, 0.1) is 12.5 Å². The Hall–Kier alpha value is -1.64. The molecule has 0 saturated carbocycles. The first-order chi connectivity index (χ1) is 8.43. The molecule has 0 aliphatic rings. The van der Waals surface area contributed by atoms with Gasteiger partial charge in [0.2, 0.25) is 10.0 Å². The lowest BCUT2D eigenvalue weighted by molar-refractivity contribution is 0.572. The van der Waals surface area contributed by atoms with Gasteiger partial charge in [-0.2, -0.15) is 5.26 Å². The van der Waals surface area contributed by atoms with Crippen LogP contribution in [0.25, 0.3) is 6.08 Å². The minimum absolute atomic E-state index is 0.150. The number of nitrogens with zero attached hydrogens (tertiary/aromatic N) is 1. The Kier molecular flexibility index (Phi) is 5.08. The second kappa shape index (κ2) is 6.34. The molecular weight excluding hydrogens is 248 g/mol. The molecule has 1 atom stereocenters. The van der Waals surface area contributed by atoms with Gasteiger partial charge in [0.15, 0.2) is 0 Å². The van der Waals surface area contributed by atoms with Crippen molar-refractivity contribution in [2.24, 2.45) is 0 Å². The van der Waals surface area contributed by atoms with E-state index >= 15 is 0 Å². The smallest absolute Gasteiger partial charge is 0.208 e. The zero-order chi connectivity index (χ0) is 13.6. The summed E-state index contributed by atoms with van der Waals surface area (Å²) in [7, 11) is -3.49. The number of rotatable bonds is 5. The fourth-order valence-corrected chi connectivity index (χ4v) is 2.40. The maximum atomic E-state index is 11.6. The Balaban J connectivity index is 2.71. The Morgan fingerprint density at radius 3 is 2.56 bits per heavy atom. The maximum absolute atomic E-state index is 11.6. The van der Waals surface area contributed by atoms with Crippen molar-refractivity contribution >= 4 is 16.1 Å². The summed E-state index contributed by atoms with van der Waals surface area (Å²) in [6.45, 7) is 3.62. The lowest BCUT2D eigenvalue weighted by Crippen LogP contribution is -2.30. The molecule has 0 bridgehead atoms. The number of sulfonamides is 1. The van der Waals surface area contributed by atoms with E-state index in [1.54, 1.807) is 6.92 Å². The van der Waals surface area contributed by atoms with Gasteiger partial charge in [-0.1, -0.05) is 29.8 Å². The molecule has 0 radical (unpaired) electrons. The Bertz CT molecular complexity index is 554. The van der Waals surface area contributed by atoms with Gasteiger partial charge in [-0.05, 0) is 25.5 Å². The van der Waals surface area contributed by atoms with Crippen LogP contribution in [0.5, 0.6) is 0 Å². The molecule has 0 heterocycles. The number of aryl methyl sites for hydroxylation is 1. The number of hydrogen-bond acceptors (Lipinski definition) is 3. The number of nitrogens with one attached hydrogen (secondary N) is 1. The minimum atomic E-state index is -3.49. The van der Waals surface area contributed by atoms with E-state index in [0.29, 0.717) is 0 Å². The Labute approximate surface area is 108 Å². The van der Waals surface area contributed by atoms with Crippen molar-refractivity contribution in [3.05, 3.63) is 40.8 Å². The molecule has 0 aliphatic heterocycles. The number of nitriles is 1. The zero-order valence-corrected chi connectivity index (χ0v) is 11.2. The number of hydrogen-bond donors (Lipinski definition) is 1. The molecule has 1 N–H and O–H groups in total. The van der Waals surface area contributed by atoms with Crippen LogP contribution in [0.3, 0.4) is 0 Å². The molecule has 0 amide bonds. The SMILES string of the molecule is Cc1ccc(C=CS(=O)(=O)NC(C)CC#N)cc1. The molecule has 1 rings (SSSR count). The molecule has 1 aromatic carbocycles. The van der Waals surface area contributed by atoms with Crippen LogP contribution in [-0.2, 0) is 10.0 Å². The van der Waals surface area contributed by atoms with Crippen molar-refractivity contribution in [2.45, 2.75) is 26.3 Å². The molecule has 18 heavy (non-hydrogen) atoms. The van der Waals surface area contributed by atoms with Gasteiger partial charge >= 0.3 is 0 Å². The first kappa shape index (κ1) is 14.4. The fourth-order valence-electron chi connectivity index (χ4n) is 1.34. The first-order valence-electron chi connectivity index (χ1n) is 5.57. The predicted octanol–water partition coefficient (Wildman–Crippen LogP) is 2.19. The van der Waals surface area contributed by atoms with Crippen LogP contribution in [0.15, 0.2) is 29.7 Å². The van der Waals surface area contributed by atoms with E-state index in [2.05, 4.69) is 4.72 Å². The fraction of sp³-hybridized carbons (Fsp3) is 0.308. The summed E-state index contributed by atoms with van der Waals surface area (Å²) in [6.07, 6.45) is 1.68. The van der Waals surface area contributed by atoms with Gasteiger partial charge < -0.3 is 0 Å². The standard InChI is InChI=1S/C13H16N2O2S/c1-11-3-5-13(6-4-11)8-10-18(16,17)15-12(2)7-9-14/h3-6,8,10,12,15H,7H2,1-2H3. The molecule has 4 nitrogen and oxygen atoms in total. The van der Waals surface area contributed by atoms with Crippen LogP contribution in [0, 0.1) is 18.3 Å². The zero-order valence-electron chi connectivity index (χ0n) is 10.4. The van der Waals surface area contributed by atoms with Crippen molar-refractivity contribution < 1.29 is 8.42 Å². The highest BCUT2D eigenvalue weighted by Crippen LogP contribution is 2.06. The molecule has 0 fully saturated rings. The number of benzene rings is 1. The van der Waals surface area contributed by atoms with Gasteiger partial charge in [-0.25, -0.2) is 13.1 Å². The summed E-state index contributed by atoms with van der Waals surface area (Å²) in [4.78, 5) is 0. The summed E-state index contributed by atoms with van der Waals surface area (Å²) in [5, 5.41) is 9.58. The summed E-state index contributed by atoms with van der Waals surface area (Å²) in [5.41, 5.74) is 1.94. The van der Waals surface area contributed by atoms with Crippen LogP contribution in [-0.4, -0.2) is 14.5 Å². The average molecular weight is 264 g/mol. The van der Waals surface area contributed by atoms with Gasteiger partial charge in [0.25, 0.3) is 0 Å². The quantitative estimate of drug-likeness (QED) is 0.886. The lowest BCUT2D eigenvalue weighted by atomic mass is 10.2. The molecule has 0 saturated heterocycles. The third-order valence-corrected chi connectivity index (χ3v) is 3.51. The highest BCUT2D eigenvalue weighted by Gasteiger charge is 2.10. The van der Waals surface area contributed by atoms with Crippen molar-refractivity contribution in [2.75, 3.05) is 0 Å². The predicted molar refractivity (Wildman–Crippen MR) is 72.0 cm³/mol. The minimum Gasteiger partial charge on any atom is -0.208 e. The lowest BCUT2D eigenvalue weighted by Gasteiger charge is -2.07. The monoisotopic (exact) mass is 264 g/mol. The second-order valence-electron chi connectivity index (χ2n) is 4.14. The first-order valence-corrected chi connectivity index (χ1v) is 7.11. The topological polar surface area (TPSA) is 70.0 Å². The third-order valence-electron chi connectivity index (χ3n) is 2.28. The van der Waals surface area contributed by atoms with Gasteiger partial charge in [-0.3, -0.25) is 0 Å². The molecule has 0 aliphatic carbocycles. The molecule has 0 spiro atoms.